The van der Waals surface area contributed by atoms with E-state index < -0.39 is 0 Å². The summed E-state index contributed by atoms with van der Waals surface area (Å²) in [6.07, 6.45) is 0. The highest BCUT2D eigenvalue weighted by atomic mass is 15.2. The van der Waals surface area contributed by atoms with Gasteiger partial charge in [-0.2, -0.15) is 9.97 Å². The first kappa shape index (κ1) is 46.2. The minimum Gasteiger partial charge on any atom is -0.309 e. The molecule has 81 heavy (non-hydrogen) atoms. The first-order chi connectivity index (χ1) is 40.2. The van der Waals surface area contributed by atoms with Crippen molar-refractivity contribution in [1.29, 1.82) is 0 Å². The molecule has 0 atom stereocenters. The molecule has 0 amide bonds. The number of hydrogen-bond donors (Lipinski definition) is 0. The number of rotatable bonds is 9. The molecule has 0 saturated heterocycles. The Labute approximate surface area is 467 Å². The maximum atomic E-state index is 5.63. The third-order valence-electron chi connectivity index (χ3n) is 16.1. The van der Waals surface area contributed by atoms with Gasteiger partial charge in [-0.3, -0.25) is 4.57 Å². The third kappa shape index (κ3) is 7.60. The summed E-state index contributed by atoms with van der Waals surface area (Å²) in [5.74, 6) is 1.67. The second kappa shape index (κ2) is 18.9. The zero-order valence-electron chi connectivity index (χ0n) is 43.9. The highest BCUT2D eigenvalue weighted by Crippen LogP contribution is 2.46. The van der Waals surface area contributed by atoms with Crippen molar-refractivity contribution < 1.29 is 0 Å². The third-order valence-corrected chi connectivity index (χ3v) is 16.1. The van der Waals surface area contributed by atoms with Gasteiger partial charge in [-0.05, 0) is 111 Å². The van der Waals surface area contributed by atoms with E-state index in [0.29, 0.717) is 17.6 Å². The van der Waals surface area contributed by atoms with E-state index in [4.69, 9.17) is 15.0 Å². The molecule has 0 aliphatic carbocycles. The number of hydrogen-bond acceptors (Lipinski definition) is 3. The lowest BCUT2D eigenvalue weighted by molar-refractivity contribution is 0.952. The summed E-state index contributed by atoms with van der Waals surface area (Å²) in [4.78, 5) is 16.7. The molecule has 0 aliphatic rings. The Morgan fingerprint density at radius 3 is 1.27 bits per heavy atom. The van der Waals surface area contributed by atoms with Gasteiger partial charge in [0.05, 0.1) is 38.8 Å². The van der Waals surface area contributed by atoms with Crippen LogP contribution in [0, 0.1) is 0 Å². The van der Waals surface area contributed by atoms with Crippen LogP contribution in [0.1, 0.15) is 0 Å². The molecule has 6 nitrogen and oxygen atoms in total. The molecule has 0 aliphatic heterocycles. The van der Waals surface area contributed by atoms with Crippen molar-refractivity contribution >= 4 is 65.4 Å². The summed E-state index contributed by atoms with van der Waals surface area (Å²) >= 11 is 0. The molecule has 0 spiro atoms. The van der Waals surface area contributed by atoms with E-state index in [-0.39, 0.29) is 0 Å². The van der Waals surface area contributed by atoms with Crippen LogP contribution < -0.4 is 0 Å². The van der Waals surface area contributed by atoms with E-state index in [9.17, 15) is 0 Å². The summed E-state index contributed by atoms with van der Waals surface area (Å²) in [6, 6.07) is 104. The van der Waals surface area contributed by atoms with E-state index in [1.54, 1.807) is 0 Å². The quantitative estimate of drug-likeness (QED) is 0.145. The van der Waals surface area contributed by atoms with Crippen molar-refractivity contribution in [3.05, 3.63) is 291 Å². The fraction of sp³-hybridized carbons (Fsp3) is 0. The summed E-state index contributed by atoms with van der Waals surface area (Å²) in [5, 5.41) is 6.98. The molecular formula is C75H48N6. The Kier molecular flexibility index (Phi) is 10.8. The molecule has 0 fully saturated rings. The molecule has 6 heteroatoms. The summed E-state index contributed by atoms with van der Waals surface area (Å²) in [6.45, 7) is 0. The molecule has 12 aromatic carbocycles. The second-order valence-corrected chi connectivity index (χ2v) is 20.7. The van der Waals surface area contributed by atoms with Crippen molar-refractivity contribution in [1.82, 2.24) is 28.7 Å². The number of aromatic nitrogens is 6. The van der Waals surface area contributed by atoms with Crippen molar-refractivity contribution in [3.63, 3.8) is 0 Å². The molecule has 0 radical (unpaired) electrons. The lowest BCUT2D eigenvalue weighted by Crippen LogP contribution is -2.08. The summed E-state index contributed by atoms with van der Waals surface area (Å²) in [7, 11) is 0. The molecule has 378 valence electrons. The second-order valence-electron chi connectivity index (χ2n) is 20.7. The van der Waals surface area contributed by atoms with Crippen LogP contribution in [-0.4, -0.2) is 28.7 Å². The number of nitrogens with zero attached hydrogens (tertiary/aromatic N) is 6. The van der Waals surface area contributed by atoms with Gasteiger partial charge in [-0.15, -0.1) is 0 Å². The highest BCUT2D eigenvalue weighted by molar-refractivity contribution is 6.22. The molecule has 4 heterocycles. The first-order valence-corrected chi connectivity index (χ1v) is 27.5. The molecule has 0 bridgehead atoms. The van der Waals surface area contributed by atoms with Crippen LogP contribution in [0.4, 0.5) is 0 Å². The lowest BCUT2D eigenvalue weighted by atomic mass is 9.95. The zero-order chi connectivity index (χ0) is 53.4. The highest BCUT2D eigenvalue weighted by Gasteiger charge is 2.25. The largest absolute Gasteiger partial charge is 0.309 e. The molecule has 4 aromatic heterocycles. The number of para-hydroxylation sites is 4. The van der Waals surface area contributed by atoms with Gasteiger partial charge < -0.3 is 9.13 Å². The van der Waals surface area contributed by atoms with Crippen LogP contribution in [0.2, 0.25) is 0 Å². The maximum Gasteiger partial charge on any atom is 0.238 e. The van der Waals surface area contributed by atoms with Crippen LogP contribution >= 0.6 is 0 Å². The van der Waals surface area contributed by atoms with E-state index in [2.05, 4.69) is 305 Å². The normalized spacial score (nSPS) is 11.7. The molecule has 0 unspecified atom stereocenters. The Morgan fingerprint density at radius 1 is 0.222 bits per heavy atom. The molecule has 16 rings (SSSR count). The predicted octanol–water partition coefficient (Wildman–Crippen LogP) is 19.2. The van der Waals surface area contributed by atoms with Gasteiger partial charge in [0.2, 0.25) is 5.95 Å². The van der Waals surface area contributed by atoms with Crippen LogP contribution in [0.5, 0.6) is 0 Å². The van der Waals surface area contributed by atoms with Crippen LogP contribution in [0.25, 0.3) is 150 Å². The van der Waals surface area contributed by atoms with Crippen LogP contribution in [-0.2, 0) is 0 Å². The van der Waals surface area contributed by atoms with Gasteiger partial charge in [0.15, 0.2) is 11.6 Å². The molecular weight excluding hydrogens is 985 g/mol. The Hall–Kier alpha value is -11.0. The van der Waals surface area contributed by atoms with Crippen molar-refractivity contribution in [2.45, 2.75) is 0 Å². The van der Waals surface area contributed by atoms with Crippen LogP contribution in [0.15, 0.2) is 291 Å². The fourth-order valence-corrected chi connectivity index (χ4v) is 12.5. The molecule has 16 aromatic rings. The van der Waals surface area contributed by atoms with Gasteiger partial charge >= 0.3 is 0 Å². The predicted molar refractivity (Wildman–Crippen MR) is 335 cm³/mol. The van der Waals surface area contributed by atoms with Gasteiger partial charge in [0.1, 0.15) is 0 Å². The average molecular weight is 1030 g/mol. The van der Waals surface area contributed by atoms with Gasteiger partial charge in [-0.25, -0.2) is 4.98 Å². The Balaban J connectivity index is 1.01. The number of fused-ring (bicyclic) bond motifs is 9. The number of benzene rings is 12. The zero-order valence-corrected chi connectivity index (χ0v) is 43.9. The van der Waals surface area contributed by atoms with E-state index in [1.807, 2.05) is 0 Å². The van der Waals surface area contributed by atoms with Crippen molar-refractivity contribution in [3.8, 4) is 84.6 Å². The maximum absolute atomic E-state index is 5.63. The van der Waals surface area contributed by atoms with E-state index >= 15 is 0 Å². The Bertz CT molecular complexity index is 5040. The van der Waals surface area contributed by atoms with Gasteiger partial charge in [-0.1, -0.05) is 224 Å². The first-order valence-electron chi connectivity index (χ1n) is 27.5. The van der Waals surface area contributed by atoms with E-state index in [0.717, 1.165) is 111 Å². The topological polar surface area (TPSA) is 53.5 Å². The van der Waals surface area contributed by atoms with Gasteiger partial charge in [0, 0.05) is 49.1 Å². The minimum atomic E-state index is 0.536. The van der Waals surface area contributed by atoms with Crippen molar-refractivity contribution in [2.75, 3.05) is 0 Å². The van der Waals surface area contributed by atoms with Crippen molar-refractivity contribution in [2.24, 2.45) is 0 Å². The van der Waals surface area contributed by atoms with Crippen LogP contribution in [0.3, 0.4) is 0 Å². The molecule has 0 N–H and O–H groups in total. The standard InChI is InChI=1S/C75H48N6/c1-5-22-49(23-6-1)52-28-19-29-55(46-52)73-76-74(78-75(77-73)81-64-37-16-13-32-57(64)58-33-14-17-38-65(58)81)63-45-43-54(51-26-9-3-10-27-51)48-70(63)80-68-41-21-36-60(72(68)62-44-42-53(47-69(62)80)50-24-7-2-8-25-50)59-35-20-40-67-71(59)61-34-15-18-39-66(61)79(67)56-30-11-4-12-31-56/h1-48H. The smallest absolute Gasteiger partial charge is 0.238 e. The fourth-order valence-electron chi connectivity index (χ4n) is 12.5. The van der Waals surface area contributed by atoms with Gasteiger partial charge in [0.25, 0.3) is 0 Å². The summed E-state index contributed by atoms with van der Waals surface area (Å²) < 4.78 is 7.07. The summed E-state index contributed by atoms with van der Waals surface area (Å²) in [5.41, 5.74) is 19.3. The monoisotopic (exact) mass is 1030 g/mol. The SMILES string of the molecule is c1ccc(-c2cccc(-c3nc(-c4ccc(-c5ccccc5)cc4-n4c5cc(-c6ccccc6)ccc5c5c(-c6cccc7c6c6ccccc6n7-c6ccccc6)cccc54)nc(-n4c5ccccc5c5ccccc54)n3)c2)cc1. The molecule has 0 saturated carbocycles. The average Bonchev–Trinajstić information content (AvgIpc) is 4.40. The lowest BCUT2D eigenvalue weighted by Gasteiger charge is -2.17. The van der Waals surface area contributed by atoms with E-state index in [1.165, 1.54) is 21.9 Å². The Morgan fingerprint density at radius 2 is 0.654 bits per heavy atom. The minimum absolute atomic E-state index is 0.536.